The van der Waals surface area contributed by atoms with Crippen molar-refractivity contribution in [3.63, 3.8) is 0 Å². The van der Waals surface area contributed by atoms with Crippen LogP contribution in [0.3, 0.4) is 0 Å². The summed E-state index contributed by atoms with van der Waals surface area (Å²) < 4.78 is 12.4. The second-order valence-corrected chi connectivity index (χ2v) is 7.72. The minimum Gasteiger partial charge on any atom is -0.465 e. The third-order valence-electron chi connectivity index (χ3n) is 5.46. The van der Waals surface area contributed by atoms with Crippen LogP contribution in [-0.2, 0) is 4.74 Å². The van der Waals surface area contributed by atoms with Crippen LogP contribution in [0.15, 0.2) is 84.8 Å². The summed E-state index contributed by atoms with van der Waals surface area (Å²) >= 11 is 0. The number of ketones is 1. The molecule has 1 aromatic heterocycles. The van der Waals surface area contributed by atoms with Crippen molar-refractivity contribution in [3.05, 3.63) is 107 Å². The van der Waals surface area contributed by atoms with E-state index in [2.05, 4.69) is 0 Å². The highest BCUT2D eigenvalue weighted by Crippen LogP contribution is 2.34. The van der Waals surface area contributed by atoms with E-state index in [0.29, 0.717) is 16.9 Å². The van der Waals surface area contributed by atoms with Crippen LogP contribution in [0.5, 0.6) is 5.75 Å². The normalized spacial score (nSPS) is 13.6. The summed E-state index contributed by atoms with van der Waals surface area (Å²) in [6.07, 6.45) is 3.57. The van der Waals surface area contributed by atoms with Gasteiger partial charge in [-0.25, -0.2) is 9.48 Å². The first-order valence-electron chi connectivity index (χ1n) is 10.4. The third kappa shape index (κ3) is 3.83. The molecule has 6 heteroatoms. The molecule has 0 fully saturated rings. The Kier molecular flexibility index (Phi) is 5.11. The number of allylic oxidation sites excluding steroid dienone is 1. The van der Waals surface area contributed by atoms with Crippen LogP contribution in [0, 0.1) is 6.92 Å². The summed E-state index contributed by atoms with van der Waals surface area (Å²) in [5, 5.41) is 4.79. The number of hydrogen-bond donors (Lipinski definition) is 0. The van der Waals surface area contributed by atoms with Crippen LogP contribution < -0.4 is 4.74 Å². The molecule has 0 aliphatic carbocycles. The van der Waals surface area contributed by atoms with Crippen molar-refractivity contribution >= 4 is 17.8 Å². The van der Waals surface area contributed by atoms with Crippen molar-refractivity contribution < 1.29 is 19.1 Å². The summed E-state index contributed by atoms with van der Waals surface area (Å²) in [6, 6.07) is 22.5. The van der Waals surface area contributed by atoms with E-state index >= 15 is 0 Å². The topological polar surface area (TPSA) is 70.4 Å². The molecule has 0 spiro atoms. The van der Waals surface area contributed by atoms with Crippen LogP contribution in [0.1, 0.15) is 31.8 Å². The highest BCUT2D eigenvalue weighted by atomic mass is 16.5. The Hall–Kier alpha value is -4.45. The maximum atomic E-state index is 13.1. The highest BCUT2D eigenvalue weighted by molar-refractivity contribution is 6.15. The molecule has 6 nitrogen and oxygen atoms in total. The molecule has 0 atom stereocenters. The number of esters is 1. The number of aryl methyl sites for hydroxylation is 1. The standard InChI is InChI=1S/C27H20N2O4/c1-17-8-10-18(11-9-17)25-20(16-29(28-25)21-6-4-3-5-7-21)15-24-26(30)22-14-19(27(31)32-2)12-13-23(22)33-24/h3-16H,1-2H3/b24-15-. The van der Waals surface area contributed by atoms with Gasteiger partial charge in [0.15, 0.2) is 5.76 Å². The van der Waals surface area contributed by atoms with Gasteiger partial charge in [-0.05, 0) is 43.3 Å². The lowest BCUT2D eigenvalue weighted by Gasteiger charge is -2.02. The lowest BCUT2D eigenvalue weighted by molar-refractivity contribution is 0.0600. The molecule has 1 aliphatic rings. The molecule has 0 unspecified atom stereocenters. The zero-order valence-electron chi connectivity index (χ0n) is 18.1. The number of Topliss-reactive ketones (excluding diaryl/α,β-unsaturated/α-hetero) is 1. The number of hydrogen-bond acceptors (Lipinski definition) is 5. The number of ether oxygens (including phenoxy) is 2. The number of nitrogens with zero attached hydrogens (tertiary/aromatic N) is 2. The lowest BCUT2D eigenvalue weighted by Crippen LogP contribution is -2.03. The predicted molar refractivity (Wildman–Crippen MR) is 124 cm³/mol. The first-order chi connectivity index (χ1) is 16.0. The Bertz CT molecular complexity index is 1400. The second-order valence-electron chi connectivity index (χ2n) is 7.72. The number of carbonyl (C=O) groups excluding carboxylic acids is 2. The third-order valence-corrected chi connectivity index (χ3v) is 5.46. The van der Waals surface area contributed by atoms with Crippen molar-refractivity contribution in [1.29, 1.82) is 0 Å². The fraction of sp³-hybridized carbons (Fsp3) is 0.0741. The van der Waals surface area contributed by atoms with Crippen LogP contribution in [-0.4, -0.2) is 28.6 Å². The smallest absolute Gasteiger partial charge is 0.337 e. The van der Waals surface area contributed by atoms with Gasteiger partial charge in [0, 0.05) is 17.3 Å². The number of methoxy groups -OCH3 is 1. The van der Waals surface area contributed by atoms with Gasteiger partial charge in [0.25, 0.3) is 0 Å². The van der Waals surface area contributed by atoms with Gasteiger partial charge >= 0.3 is 5.97 Å². The quantitative estimate of drug-likeness (QED) is 0.323. The van der Waals surface area contributed by atoms with Gasteiger partial charge in [-0.1, -0.05) is 48.0 Å². The maximum Gasteiger partial charge on any atom is 0.337 e. The summed E-state index contributed by atoms with van der Waals surface area (Å²) in [6.45, 7) is 2.03. The molecule has 33 heavy (non-hydrogen) atoms. The van der Waals surface area contributed by atoms with Crippen LogP contribution in [0.25, 0.3) is 23.0 Å². The van der Waals surface area contributed by atoms with E-state index in [1.807, 2.05) is 67.7 Å². The van der Waals surface area contributed by atoms with Crippen LogP contribution >= 0.6 is 0 Å². The first kappa shape index (κ1) is 20.5. The molecule has 0 saturated heterocycles. The van der Waals surface area contributed by atoms with Gasteiger partial charge in [0.05, 0.1) is 23.9 Å². The average molecular weight is 436 g/mol. The number of carbonyl (C=O) groups is 2. The van der Waals surface area contributed by atoms with Gasteiger partial charge in [-0.3, -0.25) is 4.79 Å². The monoisotopic (exact) mass is 436 g/mol. The number of rotatable bonds is 4. The fourth-order valence-corrected chi connectivity index (χ4v) is 3.72. The van der Waals surface area contributed by atoms with E-state index in [9.17, 15) is 9.59 Å². The molecule has 2 heterocycles. The average Bonchev–Trinajstić information content (AvgIpc) is 3.41. The molecule has 0 radical (unpaired) electrons. The SMILES string of the molecule is COC(=O)c1ccc2c(c1)C(=O)/C(=C/c1cn(-c3ccccc3)nc1-c1ccc(C)cc1)O2. The summed E-state index contributed by atoms with van der Waals surface area (Å²) in [7, 11) is 1.30. The zero-order chi connectivity index (χ0) is 22.9. The number of fused-ring (bicyclic) bond motifs is 1. The van der Waals surface area contributed by atoms with E-state index in [1.54, 1.807) is 22.9 Å². The Balaban J connectivity index is 1.58. The van der Waals surface area contributed by atoms with E-state index in [-0.39, 0.29) is 11.5 Å². The first-order valence-corrected chi connectivity index (χ1v) is 10.4. The van der Waals surface area contributed by atoms with Crippen molar-refractivity contribution in [2.75, 3.05) is 7.11 Å². The molecular weight excluding hydrogens is 416 g/mol. The number of benzene rings is 3. The Morgan fingerprint density at radius 3 is 2.52 bits per heavy atom. The van der Waals surface area contributed by atoms with Crippen LogP contribution in [0.2, 0.25) is 0 Å². The summed E-state index contributed by atoms with van der Waals surface area (Å²) in [5.41, 5.74) is 5.08. The van der Waals surface area contributed by atoms with E-state index < -0.39 is 5.97 Å². The van der Waals surface area contributed by atoms with Gasteiger partial charge in [0.1, 0.15) is 11.4 Å². The largest absolute Gasteiger partial charge is 0.465 e. The molecule has 5 rings (SSSR count). The van der Waals surface area contributed by atoms with E-state index in [0.717, 1.165) is 28.1 Å². The maximum absolute atomic E-state index is 13.1. The molecule has 3 aromatic carbocycles. The molecular formula is C27H20N2O4. The van der Waals surface area contributed by atoms with Crippen molar-refractivity contribution in [2.24, 2.45) is 0 Å². The molecule has 4 aromatic rings. The lowest BCUT2D eigenvalue weighted by atomic mass is 10.0. The van der Waals surface area contributed by atoms with Crippen LogP contribution in [0.4, 0.5) is 0 Å². The Labute approximate surface area is 190 Å². The van der Waals surface area contributed by atoms with Gasteiger partial charge in [0.2, 0.25) is 5.78 Å². The molecule has 1 aliphatic heterocycles. The van der Waals surface area contributed by atoms with Gasteiger partial charge in [-0.2, -0.15) is 5.10 Å². The molecule has 162 valence electrons. The van der Waals surface area contributed by atoms with E-state index in [1.165, 1.54) is 13.2 Å². The minimum absolute atomic E-state index is 0.174. The molecule has 0 bridgehead atoms. The number of para-hydroxylation sites is 1. The number of aromatic nitrogens is 2. The van der Waals surface area contributed by atoms with Gasteiger partial charge in [-0.15, -0.1) is 0 Å². The molecule has 0 saturated carbocycles. The second kappa shape index (κ2) is 8.24. The highest BCUT2D eigenvalue weighted by Gasteiger charge is 2.29. The fourth-order valence-electron chi connectivity index (χ4n) is 3.72. The Morgan fingerprint density at radius 1 is 1.03 bits per heavy atom. The minimum atomic E-state index is -0.506. The summed E-state index contributed by atoms with van der Waals surface area (Å²) in [5.74, 6) is -0.217. The van der Waals surface area contributed by atoms with Crippen molar-refractivity contribution in [3.8, 4) is 22.7 Å². The van der Waals surface area contributed by atoms with Crippen molar-refractivity contribution in [2.45, 2.75) is 6.92 Å². The molecule has 0 N–H and O–H groups in total. The predicted octanol–water partition coefficient (Wildman–Crippen LogP) is 5.25. The van der Waals surface area contributed by atoms with Crippen molar-refractivity contribution in [1.82, 2.24) is 9.78 Å². The Morgan fingerprint density at radius 2 is 1.79 bits per heavy atom. The van der Waals surface area contributed by atoms with Gasteiger partial charge < -0.3 is 9.47 Å². The summed E-state index contributed by atoms with van der Waals surface area (Å²) in [4.78, 5) is 24.9. The molecule has 0 amide bonds. The van der Waals surface area contributed by atoms with E-state index in [4.69, 9.17) is 14.6 Å². The zero-order valence-corrected chi connectivity index (χ0v) is 18.1.